The maximum Gasteiger partial charge on any atom is 0.263 e. The van der Waals surface area contributed by atoms with Gasteiger partial charge in [-0.1, -0.05) is 66.7 Å². The number of benzene rings is 3. The Morgan fingerprint density at radius 2 is 1.29 bits per heavy atom. The van der Waals surface area contributed by atoms with Crippen LogP contribution in [0.5, 0.6) is 0 Å². The SMILES string of the molecule is Cc1c2c(nn1-c1ccccc1)C(c1ccccc1)N(c1ccccc1)C2=O. The molecule has 4 aromatic rings. The van der Waals surface area contributed by atoms with Crippen molar-refractivity contribution < 1.29 is 4.79 Å². The Kier molecular flexibility index (Phi) is 3.83. The van der Waals surface area contributed by atoms with E-state index in [0.717, 1.165) is 28.3 Å². The average molecular weight is 365 g/mol. The van der Waals surface area contributed by atoms with E-state index in [-0.39, 0.29) is 11.9 Å². The second kappa shape index (κ2) is 6.50. The Balaban J connectivity index is 1.72. The predicted octanol–water partition coefficient (Wildman–Crippen LogP) is 4.93. The molecule has 0 bridgehead atoms. The molecule has 5 rings (SSSR count). The summed E-state index contributed by atoms with van der Waals surface area (Å²) in [5, 5.41) is 4.90. The molecule has 0 fully saturated rings. The van der Waals surface area contributed by atoms with Gasteiger partial charge in [-0.05, 0) is 36.8 Å². The predicted molar refractivity (Wildman–Crippen MR) is 110 cm³/mol. The van der Waals surface area contributed by atoms with E-state index in [1.807, 2.05) is 95.4 Å². The van der Waals surface area contributed by atoms with Gasteiger partial charge in [0, 0.05) is 5.69 Å². The fourth-order valence-electron chi connectivity index (χ4n) is 3.96. The maximum atomic E-state index is 13.5. The van der Waals surface area contributed by atoms with Crippen LogP contribution in [0.15, 0.2) is 91.0 Å². The molecular weight excluding hydrogens is 346 g/mol. The summed E-state index contributed by atoms with van der Waals surface area (Å²) in [5.74, 6) is -0.00488. The standard InChI is InChI=1S/C24H19N3O/c1-17-21-22(25-27(17)20-15-9-4-10-16-20)23(18-11-5-2-6-12-18)26(24(21)28)19-13-7-3-8-14-19/h2-16,23H,1H3. The van der Waals surface area contributed by atoms with Crippen molar-refractivity contribution in [3.8, 4) is 5.69 Å². The van der Waals surface area contributed by atoms with Crippen molar-refractivity contribution in [3.63, 3.8) is 0 Å². The van der Waals surface area contributed by atoms with E-state index in [2.05, 4.69) is 12.1 Å². The first-order valence-corrected chi connectivity index (χ1v) is 9.34. The number of hydrogen-bond donors (Lipinski definition) is 0. The Hall–Kier alpha value is -3.66. The number of hydrogen-bond acceptors (Lipinski definition) is 2. The Morgan fingerprint density at radius 3 is 1.89 bits per heavy atom. The van der Waals surface area contributed by atoms with Gasteiger partial charge in [-0.15, -0.1) is 0 Å². The summed E-state index contributed by atoms with van der Waals surface area (Å²) in [6, 6.07) is 29.6. The maximum absolute atomic E-state index is 13.5. The van der Waals surface area contributed by atoms with Gasteiger partial charge in [-0.2, -0.15) is 5.10 Å². The Labute approximate surface area is 163 Å². The van der Waals surface area contributed by atoms with Gasteiger partial charge in [-0.25, -0.2) is 4.68 Å². The first kappa shape index (κ1) is 16.5. The number of carbonyl (C=O) groups excluding carboxylic acids is 1. The lowest BCUT2D eigenvalue weighted by molar-refractivity contribution is 0.0992. The van der Waals surface area contributed by atoms with Crippen molar-refractivity contribution in [2.45, 2.75) is 13.0 Å². The molecule has 1 aliphatic rings. The van der Waals surface area contributed by atoms with Crippen LogP contribution in [0.25, 0.3) is 5.69 Å². The molecule has 0 saturated carbocycles. The molecule has 0 aliphatic carbocycles. The third-order valence-electron chi connectivity index (χ3n) is 5.24. The number of fused-ring (bicyclic) bond motifs is 1. The summed E-state index contributed by atoms with van der Waals surface area (Å²) in [5.41, 5.74) is 5.26. The molecule has 1 amide bonds. The lowest BCUT2D eigenvalue weighted by Crippen LogP contribution is -2.29. The zero-order valence-corrected chi connectivity index (χ0v) is 15.5. The summed E-state index contributed by atoms with van der Waals surface area (Å²) in [6.45, 7) is 1.97. The summed E-state index contributed by atoms with van der Waals surface area (Å²) in [4.78, 5) is 15.4. The molecule has 0 saturated heterocycles. The van der Waals surface area contributed by atoms with Gasteiger partial charge in [0.2, 0.25) is 0 Å². The third kappa shape index (κ3) is 2.46. The quantitative estimate of drug-likeness (QED) is 0.516. The van der Waals surface area contributed by atoms with Gasteiger partial charge in [0.15, 0.2) is 0 Å². The summed E-state index contributed by atoms with van der Waals surface area (Å²) >= 11 is 0. The zero-order chi connectivity index (χ0) is 19.1. The van der Waals surface area contributed by atoms with Crippen LogP contribution in [0, 0.1) is 6.92 Å². The van der Waals surface area contributed by atoms with Crippen molar-refractivity contribution in [2.75, 3.05) is 4.90 Å². The first-order chi connectivity index (χ1) is 13.8. The molecule has 28 heavy (non-hydrogen) atoms. The smallest absolute Gasteiger partial charge is 0.263 e. The second-order valence-corrected chi connectivity index (χ2v) is 6.92. The van der Waals surface area contributed by atoms with Crippen molar-refractivity contribution in [2.24, 2.45) is 0 Å². The van der Waals surface area contributed by atoms with Gasteiger partial charge < -0.3 is 0 Å². The lowest BCUT2D eigenvalue weighted by atomic mass is 10.0. The molecule has 4 heteroatoms. The molecule has 4 nitrogen and oxygen atoms in total. The zero-order valence-electron chi connectivity index (χ0n) is 15.5. The van der Waals surface area contributed by atoms with Crippen LogP contribution in [0.4, 0.5) is 5.69 Å². The minimum absolute atomic E-state index is 0.00488. The number of para-hydroxylation sites is 2. The highest BCUT2D eigenvalue weighted by molar-refractivity contribution is 6.12. The van der Waals surface area contributed by atoms with Gasteiger partial charge >= 0.3 is 0 Å². The van der Waals surface area contributed by atoms with Crippen molar-refractivity contribution in [1.29, 1.82) is 0 Å². The van der Waals surface area contributed by atoms with Crippen molar-refractivity contribution in [3.05, 3.63) is 114 Å². The number of anilines is 1. The van der Waals surface area contributed by atoms with E-state index >= 15 is 0 Å². The Morgan fingerprint density at radius 1 is 0.750 bits per heavy atom. The number of nitrogens with zero attached hydrogens (tertiary/aromatic N) is 3. The van der Waals surface area contributed by atoms with Crippen molar-refractivity contribution in [1.82, 2.24) is 9.78 Å². The van der Waals surface area contributed by atoms with E-state index in [9.17, 15) is 4.79 Å². The lowest BCUT2D eigenvalue weighted by Gasteiger charge is -2.25. The van der Waals surface area contributed by atoms with Crippen LogP contribution in [0.3, 0.4) is 0 Å². The number of aromatic nitrogens is 2. The molecular formula is C24H19N3O. The molecule has 0 radical (unpaired) electrons. The summed E-state index contributed by atoms with van der Waals surface area (Å²) in [6.07, 6.45) is 0. The van der Waals surface area contributed by atoms with Gasteiger partial charge in [0.25, 0.3) is 5.91 Å². The molecule has 0 spiro atoms. The molecule has 1 aromatic heterocycles. The second-order valence-electron chi connectivity index (χ2n) is 6.92. The number of carbonyl (C=O) groups is 1. The number of rotatable bonds is 3. The van der Waals surface area contributed by atoms with Crippen LogP contribution >= 0.6 is 0 Å². The molecule has 1 unspecified atom stereocenters. The normalized spacial score (nSPS) is 15.7. The third-order valence-corrected chi connectivity index (χ3v) is 5.24. The van der Waals surface area contributed by atoms with Crippen LogP contribution < -0.4 is 4.90 Å². The van der Waals surface area contributed by atoms with E-state index in [1.54, 1.807) is 0 Å². The van der Waals surface area contributed by atoms with Crippen LogP contribution in [0.2, 0.25) is 0 Å². The van der Waals surface area contributed by atoms with Gasteiger partial charge in [-0.3, -0.25) is 9.69 Å². The van der Waals surface area contributed by atoms with Crippen LogP contribution in [-0.4, -0.2) is 15.7 Å². The highest BCUT2D eigenvalue weighted by Crippen LogP contribution is 2.42. The monoisotopic (exact) mass is 365 g/mol. The Bertz CT molecular complexity index is 1130. The van der Waals surface area contributed by atoms with Crippen LogP contribution in [-0.2, 0) is 0 Å². The molecule has 1 aliphatic heterocycles. The minimum atomic E-state index is -0.241. The number of amides is 1. The highest BCUT2D eigenvalue weighted by Gasteiger charge is 2.43. The van der Waals surface area contributed by atoms with E-state index in [1.165, 1.54) is 0 Å². The van der Waals surface area contributed by atoms with Crippen molar-refractivity contribution >= 4 is 11.6 Å². The fraction of sp³-hybridized carbons (Fsp3) is 0.0833. The largest absolute Gasteiger partial charge is 0.295 e. The molecule has 136 valence electrons. The van der Waals surface area contributed by atoms with Gasteiger partial charge in [0.1, 0.15) is 11.7 Å². The minimum Gasteiger partial charge on any atom is -0.295 e. The molecule has 0 N–H and O–H groups in total. The van der Waals surface area contributed by atoms with Gasteiger partial charge in [0.05, 0.1) is 16.9 Å². The molecule has 2 heterocycles. The summed E-state index contributed by atoms with van der Waals surface area (Å²) in [7, 11) is 0. The summed E-state index contributed by atoms with van der Waals surface area (Å²) < 4.78 is 1.88. The molecule has 1 atom stereocenters. The van der Waals surface area contributed by atoms with E-state index < -0.39 is 0 Å². The topological polar surface area (TPSA) is 38.1 Å². The average Bonchev–Trinajstić information content (AvgIpc) is 3.24. The van der Waals surface area contributed by atoms with E-state index in [0.29, 0.717) is 5.56 Å². The first-order valence-electron chi connectivity index (χ1n) is 9.34. The van der Waals surface area contributed by atoms with E-state index in [4.69, 9.17) is 5.10 Å². The van der Waals surface area contributed by atoms with Crippen LogP contribution in [0.1, 0.15) is 33.4 Å². The fourth-order valence-corrected chi connectivity index (χ4v) is 3.96. The molecule has 3 aromatic carbocycles. The highest BCUT2D eigenvalue weighted by atomic mass is 16.2.